The summed E-state index contributed by atoms with van der Waals surface area (Å²) >= 11 is 12.1. The molecule has 11 heteroatoms. The van der Waals surface area contributed by atoms with Gasteiger partial charge in [0, 0.05) is 16.1 Å². The third kappa shape index (κ3) is 7.96. The largest absolute Gasteiger partial charge is 0.483 e. The number of rotatable bonds is 6. The van der Waals surface area contributed by atoms with Crippen LogP contribution in [0, 0.1) is 17.7 Å². The average molecular weight is 568 g/mol. The third-order valence-electron chi connectivity index (χ3n) is 4.79. The molecule has 0 aliphatic heterocycles. The Morgan fingerprint density at radius 3 is 2.37 bits per heavy atom. The van der Waals surface area contributed by atoms with E-state index >= 15 is 0 Å². The van der Waals surface area contributed by atoms with Crippen molar-refractivity contribution in [1.82, 2.24) is 0 Å². The highest BCUT2D eigenvalue weighted by molar-refractivity contribution is 6.33. The number of aliphatic hydroxyl groups is 1. The van der Waals surface area contributed by atoms with E-state index in [9.17, 15) is 32.3 Å². The lowest BCUT2D eigenvalue weighted by atomic mass is 10.00. The number of alkyl halides is 3. The fourth-order valence-electron chi connectivity index (χ4n) is 3.09. The summed E-state index contributed by atoms with van der Waals surface area (Å²) < 4.78 is 58.5. The maximum atomic E-state index is 13.8. The second-order valence-corrected chi connectivity index (χ2v) is 9.38. The molecule has 198 valence electrons. The number of hydrogen-bond donors (Lipinski definition) is 2. The minimum absolute atomic E-state index is 0.0668. The topological polar surface area (TPSA) is 75.6 Å². The van der Waals surface area contributed by atoms with E-state index in [0.717, 1.165) is 6.07 Å². The van der Waals surface area contributed by atoms with Crippen LogP contribution >= 0.6 is 23.2 Å². The fourth-order valence-corrected chi connectivity index (χ4v) is 3.49. The molecule has 3 aromatic carbocycles. The summed E-state index contributed by atoms with van der Waals surface area (Å²) in [4.78, 5) is 25.4. The van der Waals surface area contributed by atoms with E-state index in [2.05, 4.69) is 17.2 Å². The Morgan fingerprint density at radius 1 is 1.03 bits per heavy atom. The normalized spacial score (nSPS) is 11.4. The van der Waals surface area contributed by atoms with Crippen molar-refractivity contribution in [2.45, 2.75) is 25.6 Å². The van der Waals surface area contributed by atoms with Gasteiger partial charge in [0.1, 0.15) is 17.2 Å². The number of anilines is 1. The molecule has 0 spiro atoms. The molecule has 3 rings (SSSR count). The molecule has 0 saturated heterocycles. The fraction of sp³-hybridized carbons (Fsp3) is 0.185. The van der Waals surface area contributed by atoms with Crippen LogP contribution in [0.1, 0.15) is 40.9 Å². The average Bonchev–Trinajstić information content (AvgIpc) is 2.81. The van der Waals surface area contributed by atoms with E-state index in [0.29, 0.717) is 17.7 Å². The van der Waals surface area contributed by atoms with E-state index in [4.69, 9.17) is 27.9 Å². The van der Waals surface area contributed by atoms with Gasteiger partial charge in [-0.25, -0.2) is 4.39 Å². The van der Waals surface area contributed by atoms with Gasteiger partial charge in [-0.15, -0.1) is 0 Å². The number of halogens is 6. The molecule has 0 aliphatic rings. The minimum atomic E-state index is -4.87. The molecule has 0 aliphatic carbocycles. The zero-order valence-electron chi connectivity index (χ0n) is 19.8. The Morgan fingerprint density at radius 2 is 1.74 bits per heavy atom. The first kappa shape index (κ1) is 29.0. The van der Waals surface area contributed by atoms with Crippen LogP contribution in [0.15, 0.2) is 54.6 Å². The minimum Gasteiger partial charge on any atom is -0.483 e. The van der Waals surface area contributed by atoms with Gasteiger partial charge in [0.15, 0.2) is 12.4 Å². The summed E-state index contributed by atoms with van der Waals surface area (Å²) in [5.74, 6) is 2.33. The number of ether oxygens (including phenoxy) is 1. The van der Waals surface area contributed by atoms with Gasteiger partial charge in [-0.05, 0) is 68.4 Å². The lowest BCUT2D eigenvalue weighted by Gasteiger charge is -2.13. The standard InChI is InChI=1S/C27H19Cl2F4NO4/c1-26(2,37)8-7-15-3-5-22(21(29)9-15)34-24(35)14-38-23-6-4-18(28)13-20(23)25(36)16-10-17(27(31,32)33)12-19(30)11-16/h3-6,9-13,37H,14H2,1-2H3,(H,34,35). The number of nitrogens with one attached hydrogen (secondary N) is 1. The van der Waals surface area contributed by atoms with Crippen LogP contribution in [0.2, 0.25) is 10.0 Å². The summed E-state index contributed by atoms with van der Waals surface area (Å²) in [5.41, 5.74) is -2.64. The van der Waals surface area contributed by atoms with Crippen molar-refractivity contribution in [3.05, 3.63) is 92.7 Å². The molecule has 0 bridgehead atoms. The Bertz CT molecular complexity index is 1450. The van der Waals surface area contributed by atoms with Gasteiger partial charge in [-0.2, -0.15) is 13.2 Å². The Hall–Kier alpha value is -3.58. The summed E-state index contributed by atoms with van der Waals surface area (Å²) in [6.45, 7) is 2.44. The SMILES string of the molecule is CC(C)(O)C#Cc1ccc(NC(=O)COc2ccc(Cl)cc2C(=O)c2cc(F)cc(C(F)(F)F)c2)c(Cl)c1. The van der Waals surface area contributed by atoms with E-state index < -0.39 is 47.0 Å². The number of carbonyl (C=O) groups is 2. The van der Waals surface area contributed by atoms with Crippen LogP contribution in [0.3, 0.4) is 0 Å². The Labute approximate surface area is 225 Å². The van der Waals surface area contributed by atoms with E-state index in [1.54, 1.807) is 6.07 Å². The molecule has 5 nitrogen and oxygen atoms in total. The van der Waals surface area contributed by atoms with Gasteiger partial charge in [0.2, 0.25) is 0 Å². The third-order valence-corrected chi connectivity index (χ3v) is 5.34. The molecular formula is C27H19Cl2F4NO4. The van der Waals surface area contributed by atoms with Crippen molar-refractivity contribution in [1.29, 1.82) is 0 Å². The van der Waals surface area contributed by atoms with Gasteiger partial charge in [0.25, 0.3) is 5.91 Å². The molecule has 0 atom stereocenters. The lowest BCUT2D eigenvalue weighted by Crippen LogP contribution is -2.21. The molecule has 0 radical (unpaired) electrons. The highest BCUT2D eigenvalue weighted by atomic mass is 35.5. The molecule has 38 heavy (non-hydrogen) atoms. The maximum absolute atomic E-state index is 13.8. The van der Waals surface area contributed by atoms with Gasteiger partial charge in [0.05, 0.1) is 21.8 Å². The smallest absolute Gasteiger partial charge is 0.416 e. The monoisotopic (exact) mass is 567 g/mol. The quantitative estimate of drug-likeness (QED) is 0.202. The van der Waals surface area contributed by atoms with E-state index in [-0.39, 0.29) is 33.1 Å². The molecule has 0 fully saturated rings. The number of carbonyl (C=O) groups excluding carboxylic acids is 2. The first-order chi connectivity index (χ1) is 17.6. The maximum Gasteiger partial charge on any atom is 0.416 e. The highest BCUT2D eigenvalue weighted by Crippen LogP contribution is 2.32. The number of benzene rings is 3. The molecule has 3 aromatic rings. The summed E-state index contributed by atoms with van der Waals surface area (Å²) in [5, 5.41) is 12.5. The van der Waals surface area contributed by atoms with E-state index in [1.165, 1.54) is 38.1 Å². The zero-order valence-corrected chi connectivity index (χ0v) is 21.4. The Balaban J connectivity index is 1.77. The van der Waals surface area contributed by atoms with E-state index in [1.807, 2.05) is 0 Å². The molecular weight excluding hydrogens is 549 g/mol. The highest BCUT2D eigenvalue weighted by Gasteiger charge is 2.32. The lowest BCUT2D eigenvalue weighted by molar-refractivity contribution is -0.137. The van der Waals surface area contributed by atoms with Crippen molar-refractivity contribution in [2.24, 2.45) is 0 Å². The van der Waals surface area contributed by atoms with Crippen LogP contribution in [-0.2, 0) is 11.0 Å². The van der Waals surface area contributed by atoms with Crippen molar-refractivity contribution in [2.75, 3.05) is 11.9 Å². The first-order valence-electron chi connectivity index (χ1n) is 10.8. The molecule has 0 unspecified atom stereocenters. The number of ketones is 1. The number of amides is 1. The van der Waals surface area contributed by atoms with Crippen LogP contribution in [0.5, 0.6) is 5.75 Å². The van der Waals surface area contributed by atoms with Crippen molar-refractivity contribution < 1.29 is 37.0 Å². The summed E-state index contributed by atoms with van der Waals surface area (Å²) in [6, 6.07) is 9.75. The van der Waals surface area contributed by atoms with Crippen molar-refractivity contribution in [3.8, 4) is 17.6 Å². The van der Waals surface area contributed by atoms with Gasteiger partial charge in [-0.3, -0.25) is 9.59 Å². The van der Waals surface area contributed by atoms with Gasteiger partial charge >= 0.3 is 6.18 Å². The van der Waals surface area contributed by atoms with Crippen LogP contribution < -0.4 is 10.1 Å². The summed E-state index contributed by atoms with van der Waals surface area (Å²) in [6.07, 6.45) is -4.87. The second kappa shape index (κ2) is 11.4. The Kier molecular flexibility index (Phi) is 8.72. The molecule has 0 aromatic heterocycles. The van der Waals surface area contributed by atoms with Crippen LogP contribution in [-0.4, -0.2) is 29.0 Å². The number of hydrogen-bond acceptors (Lipinski definition) is 4. The first-order valence-corrected chi connectivity index (χ1v) is 11.6. The second-order valence-electron chi connectivity index (χ2n) is 8.54. The van der Waals surface area contributed by atoms with Crippen LogP contribution in [0.25, 0.3) is 0 Å². The van der Waals surface area contributed by atoms with Gasteiger partial charge < -0.3 is 15.2 Å². The molecule has 2 N–H and O–H groups in total. The zero-order chi connectivity index (χ0) is 28.3. The predicted molar refractivity (Wildman–Crippen MR) is 135 cm³/mol. The molecule has 0 heterocycles. The molecule has 0 saturated carbocycles. The predicted octanol–water partition coefficient (Wildman–Crippen LogP) is 6.52. The van der Waals surface area contributed by atoms with Crippen molar-refractivity contribution >= 4 is 40.6 Å². The van der Waals surface area contributed by atoms with Crippen LogP contribution in [0.4, 0.5) is 23.2 Å². The molecule has 1 amide bonds. The van der Waals surface area contributed by atoms with Gasteiger partial charge in [-0.1, -0.05) is 35.0 Å². The van der Waals surface area contributed by atoms with Crippen molar-refractivity contribution in [3.63, 3.8) is 0 Å². The summed E-state index contributed by atoms with van der Waals surface area (Å²) in [7, 11) is 0.